The quantitative estimate of drug-likeness (QED) is 0.737. The lowest BCUT2D eigenvalue weighted by Gasteiger charge is -2.23. The average molecular weight is 201 g/mol. The van der Waals surface area contributed by atoms with E-state index in [0.717, 1.165) is 12.5 Å². The Balaban J connectivity index is 1.71. The summed E-state index contributed by atoms with van der Waals surface area (Å²) >= 11 is 2.10. The average Bonchev–Trinajstić information content (AvgIpc) is 2.53. The van der Waals surface area contributed by atoms with Crippen LogP contribution in [0.5, 0.6) is 0 Å². The van der Waals surface area contributed by atoms with E-state index >= 15 is 0 Å². The van der Waals surface area contributed by atoms with Crippen molar-refractivity contribution in [3.8, 4) is 0 Å². The molecule has 0 spiro atoms. The lowest BCUT2D eigenvalue weighted by atomic mass is 9.98. The Bertz CT molecular complexity index is 156. The summed E-state index contributed by atoms with van der Waals surface area (Å²) in [6.45, 7) is 3.18. The molecule has 76 valence electrons. The van der Waals surface area contributed by atoms with Crippen molar-refractivity contribution in [2.45, 2.75) is 38.5 Å². The first-order valence-electron chi connectivity index (χ1n) is 5.31. The number of nitrogens with one attached hydrogen (secondary N) is 1. The van der Waals surface area contributed by atoms with Crippen molar-refractivity contribution in [1.29, 1.82) is 0 Å². The highest BCUT2D eigenvalue weighted by atomic mass is 32.2. The van der Waals surface area contributed by atoms with Gasteiger partial charge in [0.1, 0.15) is 6.23 Å². The first kappa shape index (κ1) is 9.81. The molecule has 0 saturated carbocycles. The zero-order valence-corrected chi connectivity index (χ0v) is 9.11. The van der Waals surface area contributed by atoms with Gasteiger partial charge in [-0.1, -0.05) is 0 Å². The summed E-state index contributed by atoms with van der Waals surface area (Å²) in [5.41, 5.74) is 0. The fraction of sp³-hybridized carbons (Fsp3) is 1.00. The molecule has 2 rings (SSSR count). The highest BCUT2D eigenvalue weighted by molar-refractivity contribution is 7.99. The van der Waals surface area contributed by atoms with Gasteiger partial charge in [-0.3, -0.25) is 5.32 Å². The summed E-state index contributed by atoms with van der Waals surface area (Å²) < 4.78 is 5.75. The van der Waals surface area contributed by atoms with Crippen molar-refractivity contribution >= 4 is 11.8 Å². The van der Waals surface area contributed by atoms with Crippen molar-refractivity contribution < 1.29 is 4.74 Å². The molecule has 0 bridgehead atoms. The minimum Gasteiger partial charge on any atom is -0.359 e. The van der Waals surface area contributed by atoms with Gasteiger partial charge in [0.15, 0.2) is 0 Å². The molecule has 0 aliphatic carbocycles. The van der Waals surface area contributed by atoms with Crippen LogP contribution in [0, 0.1) is 5.92 Å². The normalized spacial score (nSPS) is 36.7. The molecule has 1 N–H and O–H groups in total. The van der Waals surface area contributed by atoms with Crippen LogP contribution in [0.15, 0.2) is 0 Å². The van der Waals surface area contributed by atoms with Gasteiger partial charge in [-0.15, -0.1) is 0 Å². The van der Waals surface area contributed by atoms with Gasteiger partial charge in [0, 0.05) is 6.54 Å². The van der Waals surface area contributed by atoms with Crippen LogP contribution >= 0.6 is 11.8 Å². The zero-order chi connectivity index (χ0) is 9.10. The molecule has 2 atom stereocenters. The molecule has 2 nitrogen and oxygen atoms in total. The van der Waals surface area contributed by atoms with Crippen LogP contribution < -0.4 is 5.32 Å². The Morgan fingerprint density at radius 1 is 1.38 bits per heavy atom. The highest BCUT2D eigenvalue weighted by Crippen LogP contribution is 2.27. The van der Waals surface area contributed by atoms with E-state index in [1.54, 1.807) is 0 Å². The Morgan fingerprint density at radius 2 is 2.15 bits per heavy atom. The van der Waals surface area contributed by atoms with Crippen LogP contribution in [0.2, 0.25) is 0 Å². The van der Waals surface area contributed by atoms with Crippen molar-refractivity contribution in [3.63, 3.8) is 0 Å². The van der Waals surface area contributed by atoms with E-state index in [-0.39, 0.29) is 0 Å². The van der Waals surface area contributed by atoms with Gasteiger partial charge in [0.2, 0.25) is 0 Å². The Hall–Kier alpha value is 0.270. The van der Waals surface area contributed by atoms with E-state index in [1.165, 1.54) is 30.8 Å². The van der Waals surface area contributed by atoms with E-state index in [0.29, 0.717) is 12.3 Å². The molecule has 13 heavy (non-hydrogen) atoms. The lowest BCUT2D eigenvalue weighted by molar-refractivity contribution is 0.0347. The zero-order valence-electron chi connectivity index (χ0n) is 8.29. The summed E-state index contributed by atoms with van der Waals surface area (Å²) in [6.07, 6.45) is 4.78. The first-order valence-corrected chi connectivity index (χ1v) is 6.46. The smallest absolute Gasteiger partial charge is 0.108 e. The topological polar surface area (TPSA) is 21.3 Å². The van der Waals surface area contributed by atoms with E-state index in [4.69, 9.17) is 4.74 Å². The van der Waals surface area contributed by atoms with E-state index in [1.807, 2.05) is 0 Å². The fourth-order valence-electron chi connectivity index (χ4n) is 2.10. The van der Waals surface area contributed by atoms with Crippen LogP contribution in [-0.4, -0.2) is 30.4 Å². The van der Waals surface area contributed by atoms with Crippen LogP contribution in [0.25, 0.3) is 0 Å². The third-order valence-corrected chi connectivity index (χ3v) is 3.97. The van der Waals surface area contributed by atoms with E-state index in [2.05, 4.69) is 24.0 Å². The number of ether oxygens (including phenoxy) is 1. The van der Waals surface area contributed by atoms with Gasteiger partial charge in [0.05, 0.1) is 6.10 Å². The second-order valence-corrected chi connectivity index (χ2v) is 5.36. The van der Waals surface area contributed by atoms with Gasteiger partial charge in [-0.25, -0.2) is 0 Å². The number of hydrogen-bond donors (Lipinski definition) is 1. The molecule has 0 aromatic heterocycles. The van der Waals surface area contributed by atoms with Crippen molar-refractivity contribution in [3.05, 3.63) is 0 Å². The van der Waals surface area contributed by atoms with Gasteiger partial charge >= 0.3 is 0 Å². The monoisotopic (exact) mass is 201 g/mol. The summed E-state index contributed by atoms with van der Waals surface area (Å²) in [5, 5.41) is 3.42. The second-order valence-electron chi connectivity index (χ2n) is 4.14. The molecule has 3 heteroatoms. The van der Waals surface area contributed by atoms with Gasteiger partial charge in [0.25, 0.3) is 0 Å². The molecular weight excluding hydrogens is 182 g/mol. The predicted octanol–water partition coefficient (Wildman–Crippen LogP) is 1.85. The lowest BCUT2D eigenvalue weighted by Crippen LogP contribution is -2.27. The van der Waals surface area contributed by atoms with E-state index < -0.39 is 0 Å². The Morgan fingerprint density at radius 3 is 2.77 bits per heavy atom. The third kappa shape index (κ3) is 2.86. The molecular formula is C10H19NOS. The second kappa shape index (κ2) is 4.67. The van der Waals surface area contributed by atoms with Gasteiger partial charge in [-0.05, 0) is 43.6 Å². The number of hydrogen-bond acceptors (Lipinski definition) is 3. The van der Waals surface area contributed by atoms with Gasteiger partial charge in [-0.2, -0.15) is 11.8 Å². The molecule has 0 radical (unpaired) electrons. The Labute approximate surface area is 84.8 Å². The van der Waals surface area contributed by atoms with Crippen LogP contribution in [0.4, 0.5) is 0 Å². The maximum atomic E-state index is 5.75. The summed E-state index contributed by atoms with van der Waals surface area (Å²) in [7, 11) is 0. The van der Waals surface area contributed by atoms with Gasteiger partial charge < -0.3 is 4.74 Å². The predicted molar refractivity (Wildman–Crippen MR) is 57.0 cm³/mol. The molecule has 0 aromatic rings. The molecule has 2 heterocycles. The summed E-state index contributed by atoms with van der Waals surface area (Å²) in [6, 6.07) is 0. The minimum atomic E-state index is 0.350. The molecule has 0 amide bonds. The Kier molecular flexibility index (Phi) is 3.52. The molecule has 2 aliphatic heterocycles. The molecule has 2 fully saturated rings. The molecule has 2 unspecified atom stereocenters. The summed E-state index contributed by atoms with van der Waals surface area (Å²) in [5.74, 6) is 3.61. The van der Waals surface area contributed by atoms with E-state index in [9.17, 15) is 0 Å². The van der Waals surface area contributed by atoms with Crippen molar-refractivity contribution in [1.82, 2.24) is 5.32 Å². The first-order chi connectivity index (χ1) is 6.34. The molecule has 2 saturated heterocycles. The number of thioether (sulfide) groups is 1. The number of rotatable bonds is 2. The fourth-order valence-corrected chi connectivity index (χ4v) is 3.30. The van der Waals surface area contributed by atoms with Crippen molar-refractivity contribution in [2.75, 3.05) is 18.1 Å². The minimum absolute atomic E-state index is 0.350. The molecule has 2 aliphatic rings. The SMILES string of the molecule is CC1CNC(CC2CCSCC2)O1. The highest BCUT2D eigenvalue weighted by Gasteiger charge is 2.25. The molecule has 0 aromatic carbocycles. The standard InChI is InChI=1S/C10H19NOS/c1-8-7-11-10(12-8)6-9-2-4-13-5-3-9/h8-11H,2-7H2,1H3. The van der Waals surface area contributed by atoms with Crippen LogP contribution in [0.1, 0.15) is 26.2 Å². The third-order valence-electron chi connectivity index (χ3n) is 2.92. The van der Waals surface area contributed by atoms with Crippen molar-refractivity contribution in [2.24, 2.45) is 5.92 Å². The van der Waals surface area contributed by atoms with Crippen LogP contribution in [-0.2, 0) is 4.74 Å². The maximum absolute atomic E-state index is 5.75. The largest absolute Gasteiger partial charge is 0.359 e. The van der Waals surface area contributed by atoms with Crippen LogP contribution in [0.3, 0.4) is 0 Å². The summed E-state index contributed by atoms with van der Waals surface area (Å²) in [4.78, 5) is 0. The maximum Gasteiger partial charge on any atom is 0.108 e.